The molecule has 1 aliphatic rings. The minimum atomic E-state index is -0.384. The molecule has 1 fully saturated rings. The number of hydrogen-bond acceptors (Lipinski definition) is 5. The maximum Gasteiger partial charge on any atom is 0.293 e. The zero-order valence-corrected chi connectivity index (χ0v) is 13.8. The molecule has 25 heavy (non-hydrogen) atoms. The van der Waals surface area contributed by atoms with Crippen LogP contribution >= 0.6 is 11.8 Å². The molecular formula is C18H14FNO4S. The molecule has 1 aliphatic heterocycles. The van der Waals surface area contributed by atoms with Crippen LogP contribution in [0.4, 0.5) is 9.18 Å². The fraction of sp³-hybridized carbons (Fsp3) is 0.111. The Kier molecular flexibility index (Phi) is 5.04. The van der Waals surface area contributed by atoms with Crippen molar-refractivity contribution in [2.75, 3.05) is 13.2 Å². The van der Waals surface area contributed by atoms with Gasteiger partial charge in [-0.1, -0.05) is 12.1 Å². The van der Waals surface area contributed by atoms with E-state index in [1.165, 1.54) is 36.4 Å². The number of imide groups is 1. The summed E-state index contributed by atoms with van der Waals surface area (Å²) >= 11 is 0.860. The zero-order valence-electron chi connectivity index (χ0n) is 13.0. The Morgan fingerprint density at radius 2 is 1.76 bits per heavy atom. The first-order valence-corrected chi connectivity index (χ1v) is 8.27. The first-order valence-electron chi connectivity index (χ1n) is 7.46. The molecule has 0 unspecified atom stereocenters. The number of ether oxygens (including phenoxy) is 1. The molecule has 0 bridgehead atoms. The highest BCUT2D eigenvalue weighted by Gasteiger charge is 2.34. The Labute approximate surface area is 147 Å². The van der Waals surface area contributed by atoms with Crippen molar-refractivity contribution in [2.45, 2.75) is 0 Å². The highest BCUT2D eigenvalue weighted by Crippen LogP contribution is 2.32. The predicted octanol–water partition coefficient (Wildman–Crippen LogP) is 3.65. The average molecular weight is 359 g/mol. The molecule has 0 spiro atoms. The Bertz CT molecular complexity index is 818. The first kappa shape index (κ1) is 17.0. The SMILES string of the molecule is O=C1SC(=Cc2ccc(O)cc2)C(=O)N1CCOc1ccc(F)cc1. The van der Waals surface area contributed by atoms with Crippen molar-refractivity contribution >= 4 is 29.0 Å². The van der Waals surface area contributed by atoms with Crippen LogP contribution in [0.5, 0.6) is 11.5 Å². The fourth-order valence-corrected chi connectivity index (χ4v) is 3.07. The third kappa shape index (κ3) is 4.19. The van der Waals surface area contributed by atoms with Crippen LogP contribution in [0, 0.1) is 5.82 Å². The van der Waals surface area contributed by atoms with Crippen LogP contribution < -0.4 is 4.74 Å². The largest absolute Gasteiger partial charge is 0.508 e. The molecule has 2 aromatic carbocycles. The topological polar surface area (TPSA) is 66.8 Å². The minimum Gasteiger partial charge on any atom is -0.508 e. The molecule has 0 aliphatic carbocycles. The van der Waals surface area contributed by atoms with Gasteiger partial charge < -0.3 is 9.84 Å². The van der Waals surface area contributed by atoms with Gasteiger partial charge in [0.1, 0.15) is 23.9 Å². The van der Waals surface area contributed by atoms with Crippen LogP contribution in [0.2, 0.25) is 0 Å². The molecule has 1 heterocycles. The second-order valence-corrected chi connectivity index (χ2v) is 6.22. The van der Waals surface area contributed by atoms with Crippen LogP contribution in [-0.2, 0) is 4.79 Å². The number of benzene rings is 2. The molecule has 1 N–H and O–H groups in total. The van der Waals surface area contributed by atoms with E-state index in [9.17, 15) is 19.1 Å². The molecule has 0 saturated carbocycles. The normalized spacial score (nSPS) is 15.9. The molecule has 0 radical (unpaired) electrons. The van der Waals surface area contributed by atoms with Crippen molar-refractivity contribution in [1.29, 1.82) is 0 Å². The quantitative estimate of drug-likeness (QED) is 0.826. The lowest BCUT2D eigenvalue weighted by atomic mass is 10.2. The van der Waals surface area contributed by atoms with E-state index in [-0.39, 0.29) is 35.9 Å². The summed E-state index contributed by atoms with van der Waals surface area (Å²) in [6, 6.07) is 11.8. The van der Waals surface area contributed by atoms with Gasteiger partial charge in [-0.25, -0.2) is 4.39 Å². The number of halogens is 1. The van der Waals surface area contributed by atoms with E-state index in [1.807, 2.05) is 0 Å². The number of phenols is 1. The number of phenolic OH excluding ortho intramolecular Hbond substituents is 1. The number of aromatic hydroxyl groups is 1. The maximum atomic E-state index is 12.8. The van der Waals surface area contributed by atoms with Crippen LogP contribution in [-0.4, -0.2) is 34.3 Å². The first-order chi connectivity index (χ1) is 12.0. The van der Waals surface area contributed by atoms with Gasteiger partial charge >= 0.3 is 0 Å². The number of amides is 2. The maximum absolute atomic E-state index is 12.8. The van der Waals surface area contributed by atoms with Gasteiger partial charge in [0.05, 0.1) is 11.4 Å². The van der Waals surface area contributed by atoms with Gasteiger partial charge in [0, 0.05) is 0 Å². The monoisotopic (exact) mass is 359 g/mol. The van der Waals surface area contributed by atoms with E-state index >= 15 is 0 Å². The van der Waals surface area contributed by atoms with E-state index in [2.05, 4.69) is 0 Å². The van der Waals surface area contributed by atoms with Gasteiger partial charge in [-0.3, -0.25) is 14.5 Å². The highest BCUT2D eigenvalue weighted by atomic mass is 32.2. The molecule has 0 atom stereocenters. The summed E-state index contributed by atoms with van der Waals surface area (Å²) in [5.41, 5.74) is 0.714. The number of rotatable bonds is 5. The summed E-state index contributed by atoms with van der Waals surface area (Å²) < 4.78 is 18.2. The van der Waals surface area contributed by atoms with E-state index in [4.69, 9.17) is 4.74 Å². The van der Waals surface area contributed by atoms with E-state index in [0.717, 1.165) is 16.7 Å². The van der Waals surface area contributed by atoms with Crippen molar-refractivity contribution in [3.8, 4) is 11.5 Å². The average Bonchev–Trinajstić information content (AvgIpc) is 2.86. The van der Waals surface area contributed by atoms with Gasteiger partial charge in [0.2, 0.25) is 0 Å². The summed E-state index contributed by atoms with van der Waals surface area (Å²) in [6.45, 7) is 0.227. The number of hydrogen-bond donors (Lipinski definition) is 1. The van der Waals surface area contributed by atoms with Crippen LogP contribution in [0.25, 0.3) is 6.08 Å². The van der Waals surface area contributed by atoms with E-state index in [0.29, 0.717) is 16.2 Å². The number of carbonyl (C=O) groups is 2. The number of thioether (sulfide) groups is 1. The molecule has 2 aromatic rings. The van der Waals surface area contributed by atoms with Crippen molar-refractivity contribution < 1.29 is 23.8 Å². The molecule has 1 saturated heterocycles. The summed E-state index contributed by atoms with van der Waals surface area (Å²) in [7, 11) is 0. The molecule has 5 nitrogen and oxygen atoms in total. The number of nitrogens with zero attached hydrogens (tertiary/aromatic N) is 1. The molecule has 0 aromatic heterocycles. The standard InChI is InChI=1S/C18H14FNO4S/c19-13-3-7-15(8-4-13)24-10-9-20-17(22)16(25-18(20)23)11-12-1-5-14(21)6-2-12/h1-8,11,21H,9-10H2. The smallest absolute Gasteiger partial charge is 0.293 e. The lowest BCUT2D eigenvalue weighted by Gasteiger charge is -2.13. The third-order valence-corrected chi connectivity index (χ3v) is 4.37. The second kappa shape index (κ2) is 7.40. The highest BCUT2D eigenvalue weighted by molar-refractivity contribution is 8.18. The summed E-state index contributed by atoms with van der Waals surface area (Å²) in [4.78, 5) is 25.8. The van der Waals surface area contributed by atoms with Crippen LogP contribution in [0.3, 0.4) is 0 Å². The Hall–Kier alpha value is -2.80. The Morgan fingerprint density at radius 3 is 2.44 bits per heavy atom. The van der Waals surface area contributed by atoms with E-state index in [1.54, 1.807) is 18.2 Å². The van der Waals surface area contributed by atoms with Crippen LogP contribution in [0.15, 0.2) is 53.4 Å². The molecule has 2 amide bonds. The molecule has 3 rings (SSSR count). The fourth-order valence-electron chi connectivity index (χ4n) is 2.20. The third-order valence-electron chi connectivity index (χ3n) is 3.46. The zero-order chi connectivity index (χ0) is 17.8. The van der Waals surface area contributed by atoms with Gasteiger partial charge in [0.15, 0.2) is 0 Å². The van der Waals surface area contributed by atoms with Gasteiger partial charge in [0.25, 0.3) is 11.1 Å². The van der Waals surface area contributed by atoms with Gasteiger partial charge in [-0.15, -0.1) is 0 Å². The van der Waals surface area contributed by atoms with Crippen molar-refractivity contribution in [3.63, 3.8) is 0 Å². The summed E-state index contributed by atoms with van der Waals surface area (Å²) in [5, 5.41) is 8.91. The van der Waals surface area contributed by atoms with Crippen molar-refractivity contribution in [1.82, 2.24) is 4.90 Å². The summed E-state index contributed by atoms with van der Waals surface area (Å²) in [6.07, 6.45) is 1.60. The van der Waals surface area contributed by atoms with Gasteiger partial charge in [-0.05, 0) is 59.8 Å². The molecule has 128 valence electrons. The Morgan fingerprint density at radius 1 is 1.08 bits per heavy atom. The lowest BCUT2D eigenvalue weighted by molar-refractivity contribution is -0.123. The van der Waals surface area contributed by atoms with Crippen molar-refractivity contribution in [2.24, 2.45) is 0 Å². The predicted molar refractivity (Wildman–Crippen MR) is 92.7 cm³/mol. The van der Waals surface area contributed by atoms with Crippen LogP contribution in [0.1, 0.15) is 5.56 Å². The van der Waals surface area contributed by atoms with Crippen molar-refractivity contribution in [3.05, 3.63) is 64.8 Å². The molecule has 7 heteroatoms. The summed E-state index contributed by atoms with van der Waals surface area (Å²) in [5.74, 6) is -0.153. The minimum absolute atomic E-state index is 0.106. The lowest BCUT2D eigenvalue weighted by Crippen LogP contribution is -2.32. The van der Waals surface area contributed by atoms with Gasteiger partial charge in [-0.2, -0.15) is 0 Å². The van der Waals surface area contributed by atoms with E-state index < -0.39 is 0 Å². The second-order valence-electron chi connectivity index (χ2n) is 5.23. The number of carbonyl (C=O) groups excluding carboxylic acids is 2. The molecular weight excluding hydrogens is 345 g/mol. The Balaban J connectivity index is 1.61.